The van der Waals surface area contributed by atoms with Crippen LogP contribution in [-0.4, -0.2) is 12.6 Å². The number of nitrogens with two attached hydrogens (primary N) is 1. The van der Waals surface area contributed by atoms with Crippen molar-refractivity contribution in [2.45, 2.75) is 6.42 Å². The average Bonchev–Trinajstić information content (AvgIpc) is 2.56. The van der Waals surface area contributed by atoms with E-state index in [0.717, 1.165) is 12.1 Å². The smallest absolute Gasteiger partial charge is 0.319 e. The predicted octanol–water partition coefficient (Wildman–Crippen LogP) is 3.97. The molecule has 0 fully saturated rings. The highest BCUT2D eigenvalue weighted by molar-refractivity contribution is 5.91. The van der Waals surface area contributed by atoms with Gasteiger partial charge in [0.15, 0.2) is 0 Å². The maximum absolute atomic E-state index is 11.7. The molecule has 0 bridgehead atoms. The lowest BCUT2D eigenvalue weighted by Crippen LogP contribution is -2.37. The molecule has 0 atom stereocenters. The van der Waals surface area contributed by atoms with Crippen molar-refractivity contribution in [2.75, 3.05) is 11.4 Å². The van der Waals surface area contributed by atoms with Crippen molar-refractivity contribution in [1.29, 1.82) is 0 Å². The van der Waals surface area contributed by atoms with Gasteiger partial charge in [-0.3, -0.25) is 4.90 Å². The first-order valence-electron chi connectivity index (χ1n) is 7.34. The Morgan fingerprint density at radius 1 is 0.864 bits per heavy atom. The molecule has 0 aliphatic carbocycles. The van der Waals surface area contributed by atoms with Crippen molar-refractivity contribution in [2.24, 2.45) is 5.73 Å². The van der Waals surface area contributed by atoms with Gasteiger partial charge < -0.3 is 5.73 Å². The molecule has 0 radical (unpaired) electrons. The van der Waals surface area contributed by atoms with Crippen LogP contribution in [0.25, 0.3) is 10.8 Å². The minimum absolute atomic E-state index is 0.425. The normalized spacial score (nSPS) is 10.5. The number of hydrogen-bond acceptors (Lipinski definition) is 1. The molecule has 2 N–H and O–H groups in total. The molecule has 3 heteroatoms. The van der Waals surface area contributed by atoms with E-state index in [2.05, 4.69) is 30.3 Å². The molecule has 0 saturated carbocycles. The zero-order chi connectivity index (χ0) is 15.4. The van der Waals surface area contributed by atoms with E-state index >= 15 is 0 Å². The van der Waals surface area contributed by atoms with Gasteiger partial charge in [0.2, 0.25) is 0 Å². The third-order valence-electron chi connectivity index (χ3n) is 3.82. The quantitative estimate of drug-likeness (QED) is 0.776. The summed E-state index contributed by atoms with van der Waals surface area (Å²) in [6.07, 6.45) is 0.763. The molecule has 0 aliphatic rings. The number of amides is 2. The van der Waals surface area contributed by atoms with Crippen molar-refractivity contribution < 1.29 is 4.79 Å². The Balaban J connectivity index is 1.84. The molecular formula is C19H18N2O. The summed E-state index contributed by atoms with van der Waals surface area (Å²) in [5.41, 5.74) is 7.58. The summed E-state index contributed by atoms with van der Waals surface area (Å²) in [6.45, 7) is 0.563. The molecule has 0 saturated heterocycles. The molecule has 0 aliphatic heterocycles. The summed E-state index contributed by atoms with van der Waals surface area (Å²) in [7, 11) is 0. The van der Waals surface area contributed by atoms with E-state index in [0.29, 0.717) is 6.54 Å². The van der Waals surface area contributed by atoms with E-state index in [-0.39, 0.29) is 0 Å². The Morgan fingerprint density at radius 3 is 2.32 bits per heavy atom. The Kier molecular flexibility index (Phi) is 4.05. The summed E-state index contributed by atoms with van der Waals surface area (Å²) in [4.78, 5) is 13.3. The lowest BCUT2D eigenvalue weighted by molar-refractivity contribution is 0.254. The third kappa shape index (κ3) is 2.93. The predicted molar refractivity (Wildman–Crippen MR) is 91.0 cm³/mol. The number of urea groups is 1. The summed E-state index contributed by atoms with van der Waals surface area (Å²) < 4.78 is 0. The minimum Gasteiger partial charge on any atom is -0.351 e. The SMILES string of the molecule is NC(=O)N(CCc1cccc2ccccc12)c1ccccc1. The van der Waals surface area contributed by atoms with E-state index in [1.807, 2.05) is 42.5 Å². The van der Waals surface area contributed by atoms with Crippen LogP contribution in [0.1, 0.15) is 5.56 Å². The highest BCUT2D eigenvalue weighted by Gasteiger charge is 2.12. The van der Waals surface area contributed by atoms with E-state index in [1.165, 1.54) is 16.3 Å². The second-order valence-electron chi connectivity index (χ2n) is 5.21. The summed E-state index contributed by atoms with van der Waals surface area (Å²) in [5.74, 6) is 0. The van der Waals surface area contributed by atoms with E-state index in [1.54, 1.807) is 4.90 Å². The van der Waals surface area contributed by atoms with Gasteiger partial charge in [0, 0.05) is 12.2 Å². The first-order valence-corrected chi connectivity index (χ1v) is 7.34. The zero-order valence-corrected chi connectivity index (χ0v) is 12.3. The maximum atomic E-state index is 11.7. The number of rotatable bonds is 4. The molecule has 3 rings (SSSR count). The number of carbonyl (C=O) groups is 1. The van der Waals surface area contributed by atoms with Gasteiger partial charge in [-0.1, -0.05) is 60.7 Å². The molecule has 3 nitrogen and oxygen atoms in total. The van der Waals surface area contributed by atoms with Crippen molar-refractivity contribution in [1.82, 2.24) is 0 Å². The van der Waals surface area contributed by atoms with Crippen LogP contribution in [0.4, 0.5) is 10.5 Å². The summed E-state index contributed by atoms with van der Waals surface area (Å²) in [6, 6.07) is 23.6. The Labute approximate surface area is 130 Å². The standard InChI is InChI=1S/C19H18N2O/c20-19(22)21(17-10-2-1-3-11-17)14-13-16-9-6-8-15-7-4-5-12-18(15)16/h1-12H,13-14H2,(H2,20,22). The van der Waals surface area contributed by atoms with Crippen LogP contribution in [0.5, 0.6) is 0 Å². The first kappa shape index (κ1) is 14.1. The van der Waals surface area contributed by atoms with E-state index in [4.69, 9.17) is 5.73 Å². The fourth-order valence-corrected chi connectivity index (χ4v) is 2.72. The van der Waals surface area contributed by atoms with Crippen LogP contribution in [0.3, 0.4) is 0 Å². The van der Waals surface area contributed by atoms with Gasteiger partial charge in [0.25, 0.3) is 0 Å². The lowest BCUT2D eigenvalue weighted by atomic mass is 10.0. The maximum Gasteiger partial charge on any atom is 0.319 e. The monoisotopic (exact) mass is 290 g/mol. The van der Waals surface area contributed by atoms with Gasteiger partial charge in [-0.15, -0.1) is 0 Å². The molecule has 2 amide bonds. The fraction of sp³-hybridized carbons (Fsp3) is 0.105. The van der Waals surface area contributed by atoms with Crippen LogP contribution in [0.15, 0.2) is 72.8 Å². The van der Waals surface area contributed by atoms with Crippen LogP contribution in [0, 0.1) is 0 Å². The Hall–Kier alpha value is -2.81. The molecule has 3 aromatic rings. The van der Waals surface area contributed by atoms with Gasteiger partial charge in [-0.25, -0.2) is 4.79 Å². The van der Waals surface area contributed by atoms with Crippen molar-refractivity contribution in [3.05, 3.63) is 78.4 Å². The number of primary amides is 1. The van der Waals surface area contributed by atoms with Gasteiger partial charge in [0.05, 0.1) is 0 Å². The summed E-state index contributed by atoms with van der Waals surface area (Å²) >= 11 is 0. The molecule has 0 spiro atoms. The number of nitrogens with zero attached hydrogens (tertiary/aromatic N) is 1. The van der Waals surface area contributed by atoms with Crippen molar-refractivity contribution in [3.63, 3.8) is 0 Å². The second-order valence-corrected chi connectivity index (χ2v) is 5.21. The van der Waals surface area contributed by atoms with Crippen LogP contribution >= 0.6 is 0 Å². The molecule has 0 heterocycles. The molecule has 0 unspecified atom stereocenters. The average molecular weight is 290 g/mol. The number of carbonyl (C=O) groups excluding carboxylic acids is 1. The molecule has 22 heavy (non-hydrogen) atoms. The zero-order valence-electron chi connectivity index (χ0n) is 12.3. The first-order chi connectivity index (χ1) is 10.8. The number of para-hydroxylation sites is 1. The Bertz CT molecular complexity index is 778. The van der Waals surface area contributed by atoms with Gasteiger partial charge in [-0.2, -0.15) is 0 Å². The van der Waals surface area contributed by atoms with Crippen LogP contribution in [0.2, 0.25) is 0 Å². The molecule has 3 aromatic carbocycles. The fourth-order valence-electron chi connectivity index (χ4n) is 2.72. The number of benzene rings is 3. The van der Waals surface area contributed by atoms with Gasteiger partial charge in [0.1, 0.15) is 0 Å². The molecule has 110 valence electrons. The van der Waals surface area contributed by atoms with E-state index < -0.39 is 6.03 Å². The van der Waals surface area contributed by atoms with Gasteiger partial charge >= 0.3 is 6.03 Å². The Morgan fingerprint density at radius 2 is 1.55 bits per heavy atom. The number of hydrogen-bond donors (Lipinski definition) is 1. The molecular weight excluding hydrogens is 272 g/mol. The van der Waals surface area contributed by atoms with Gasteiger partial charge in [-0.05, 0) is 34.9 Å². The summed E-state index contributed by atoms with van der Waals surface area (Å²) in [5, 5.41) is 2.44. The largest absolute Gasteiger partial charge is 0.351 e. The highest BCUT2D eigenvalue weighted by Crippen LogP contribution is 2.20. The second kappa shape index (κ2) is 6.31. The van der Waals surface area contributed by atoms with Crippen LogP contribution < -0.4 is 10.6 Å². The highest BCUT2D eigenvalue weighted by atomic mass is 16.2. The number of anilines is 1. The third-order valence-corrected chi connectivity index (χ3v) is 3.82. The van der Waals surface area contributed by atoms with Crippen LogP contribution in [-0.2, 0) is 6.42 Å². The lowest BCUT2D eigenvalue weighted by Gasteiger charge is -2.20. The van der Waals surface area contributed by atoms with Crippen molar-refractivity contribution >= 4 is 22.5 Å². The molecule has 0 aromatic heterocycles. The minimum atomic E-state index is -0.425. The van der Waals surface area contributed by atoms with Crippen molar-refractivity contribution in [3.8, 4) is 0 Å². The number of fused-ring (bicyclic) bond motifs is 1. The topological polar surface area (TPSA) is 46.3 Å². The van der Waals surface area contributed by atoms with E-state index in [9.17, 15) is 4.79 Å².